The van der Waals surface area contributed by atoms with Crippen LogP contribution in [0.1, 0.15) is 29.3 Å². The van der Waals surface area contributed by atoms with Gasteiger partial charge in [0.1, 0.15) is 0 Å². The summed E-state index contributed by atoms with van der Waals surface area (Å²) in [5.41, 5.74) is 1.38. The van der Waals surface area contributed by atoms with E-state index in [1.54, 1.807) is 22.7 Å². The molecule has 0 bridgehead atoms. The number of hydrogen-bond acceptors (Lipinski definition) is 3. The van der Waals surface area contributed by atoms with Crippen LogP contribution in [0, 0.1) is 5.92 Å². The lowest BCUT2D eigenvalue weighted by Gasteiger charge is -2.22. The van der Waals surface area contributed by atoms with Crippen molar-refractivity contribution >= 4 is 23.5 Å². The zero-order valence-electron chi connectivity index (χ0n) is 13.2. The number of amides is 1. The Bertz CT molecular complexity index is 774. The summed E-state index contributed by atoms with van der Waals surface area (Å²) < 4.78 is 1.66. The van der Waals surface area contributed by atoms with Gasteiger partial charge in [0.15, 0.2) is 0 Å². The molecular weight excluding hydrogens is 330 g/mol. The fraction of sp³-hybridized carbons (Fsp3) is 0.353. The fourth-order valence-corrected chi connectivity index (χ4v) is 3.28. The lowest BCUT2D eigenvalue weighted by Crippen LogP contribution is -2.37. The summed E-state index contributed by atoms with van der Waals surface area (Å²) in [4.78, 5) is 25.4. The molecule has 2 aromatic rings. The summed E-state index contributed by atoms with van der Waals surface area (Å²) in [7, 11) is 0. The molecule has 1 aromatic heterocycles. The summed E-state index contributed by atoms with van der Waals surface area (Å²) in [5.74, 6) is -1.55. The summed E-state index contributed by atoms with van der Waals surface area (Å²) in [6.45, 7) is 2.70. The quantitative estimate of drug-likeness (QED) is 0.922. The third-order valence-electron chi connectivity index (χ3n) is 4.50. The first-order chi connectivity index (χ1) is 11.5. The van der Waals surface area contributed by atoms with Crippen molar-refractivity contribution < 1.29 is 14.7 Å². The number of carbonyl (C=O) groups is 2. The predicted octanol–water partition coefficient (Wildman–Crippen LogP) is 2.52. The molecule has 2 atom stereocenters. The molecule has 2 unspecified atom stereocenters. The van der Waals surface area contributed by atoms with E-state index in [9.17, 15) is 14.7 Å². The smallest absolute Gasteiger partial charge is 0.308 e. The van der Waals surface area contributed by atoms with Crippen molar-refractivity contribution in [2.24, 2.45) is 5.92 Å². The van der Waals surface area contributed by atoms with Crippen LogP contribution in [0.15, 0.2) is 36.7 Å². The van der Waals surface area contributed by atoms with E-state index in [1.807, 2.05) is 24.3 Å². The molecule has 1 aliphatic rings. The molecule has 0 radical (unpaired) electrons. The highest BCUT2D eigenvalue weighted by atomic mass is 35.5. The van der Waals surface area contributed by atoms with E-state index in [0.717, 1.165) is 5.56 Å². The van der Waals surface area contributed by atoms with Crippen LogP contribution < -0.4 is 0 Å². The topological polar surface area (TPSA) is 75.4 Å². The van der Waals surface area contributed by atoms with Crippen LogP contribution in [-0.4, -0.2) is 44.3 Å². The largest absolute Gasteiger partial charge is 0.481 e. The minimum absolute atomic E-state index is 0.184. The van der Waals surface area contributed by atoms with Crippen LogP contribution in [0.3, 0.4) is 0 Å². The van der Waals surface area contributed by atoms with Crippen LogP contribution in [0.25, 0.3) is 0 Å². The summed E-state index contributed by atoms with van der Waals surface area (Å²) in [5, 5.41) is 14.1. The second-order valence-electron chi connectivity index (χ2n) is 5.99. The second kappa shape index (κ2) is 6.65. The Balaban J connectivity index is 1.73. The Morgan fingerprint density at radius 1 is 1.38 bits per heavy atom. The molecule has 0 spiro atoms. The Morgan fingerprint density at radius 2 is 2.12 bits per heavy atom. The third-order valence-corrected chi connectivity index (χ3v) is 4.87. The number of carboxylic acid groups (broad SMARTS) is 1. The number of aromatic nitrogens is 2. The number of carbonyl (C=O) groups excluding carboxylic acids is 1. The number of likely N-dealkylation sites (tertiary alicyclic amines) is 1. The van der Waals surface area contributed by atoms with E-state index in [-0.39, 0.29) is 11.9 Å². The van der Waals surface area contributed by atoms with E-state index in [0.29, 0.717) is 30.1 Å². The first-order valence-corrected chi connectivity index (χ1v) is 8.15. The molecule has 1 N–H and O–H groups in total. The van der Waals surface area contributed by atoms with Crippen LogP contribution in [-0.2, 0) is 11.3 Å². The van der Waals surface area contributed by atoms with Gasteiger partial charge in [-0.15, -0.1) is 0 Å². The van der Waals surface area contributed by atoms with Gasteiger partial charge in [-0.2, -0.15) is 5.10 Å². The highest BCUT2D eigenvalue weighted by Crippen LogP contribution is 2.26. The minimum Gasteiger partial charge on any atom is -0.481 e. The summed E-state index contributed by atoms with van der Waals surface area (Å²) >= 11 is 6.14. The molecular formula is C17H18ClN3O3. The first kappa shape index (κ1) is 16.5. The number of carboxylic acids is 1. The van der Waals surface area contributed by atoms with Crippen molar-refractivity contribution in [3.05, 3.63) is 52.8 Å². The Morgan fingerprint density at radius 3 is 2.79 bits per heavy atom. The third kappa shape index (κ3) is 3.14. The van der Waals surface area contributed by atoms with Crippen LogP contribution in [0.4, 0.5) is 0 Å². The number of hydrogen-bond donors (Lipinski definition) is 1. The van der Waals surface area contributed by atoms with Crippen molar-refractivity contribution in [1.29, 1.82) is 0 Å². The number of benzene rings is 1. The molecule has 7 heteroatoms. The number of nitrogens with zero attached hydrogens (tertiary/aromatic N) is 3. The maximum absolute atomic E-state index is 12.6. The highest BCUT2D eigenvalue weighted by Gasteiger charge is 2.38. The van der Waals surface area contributed by atoms with E-state index < -0.39 is 11.9 Å². The van der Waals surface area contributed by atoms with Crippen molar-refractivity contribution in [1.82, 2.24) is 14.7 Å². The molecule has 0 aliphatic carbocycles. The monoisotopic (exact) mass is 347 g/mol. The molecule has 24 heavy (non-hydrogen) atoms. The molecule has 0 saturated carbocycles. The zero-order chi connectivity index (χ0) is 17.3. The SMILES string of the molecule is CC1C(C(=O)O)CCN1C(=O)c1cnn(Cc2ccccc2Cl)c1. The maximum Gasteiger partial charge on any atom is 0.308 e. The molecule has 1 aromatic carbocycles. The molecule has 2 heterocycles. The van der Waals surface area contributed by atoms with Crippen molar-refractivity contribution in [3.8, 4) is 0 Å². The average Bonchev–Trinajstić information content (AvgIpc) is 3.16. The van der Waals surface area contributed by atoms with Gasteiger partial charge in [0.05, 0.1) is 24.2 Å². The van der Waals surface area contributed by atoms with Gasteiger partial charge in [-0.3, -0.25) is 14.3 Å². The van der Waals surface area contributed by atoms with Gasteiger partial charge in [0, 0.05) is 23.8 Å². The fourth-order valence-electron chi connectivity index (χ4n) is 3.08. The zero-order valence-corrected chi connectivity index (χ0v) is 14.0. The van der Waals surface area contributed by atoms with Crippen LogP contribution in [0.5, 0.6) is 0 Å². The molecule has 3 rings (SSSR count). The van der Waals surface area contributed by atoms with Gasteiger partial charge in [0.25, 0.3) is 5.91 Å². The number of aliphatic carboxylic acids is 1. The standard InChI is InChI=1S/C17H18ClN3O3/c1-11-14(17(23)24)6-7-21(11)16(22)13-8-19-20(10-13)9-12-4-2-3-5-15(12)18/h2-5,8,10-11,14H,6-7,9H2,1H3,(H,23,24). The van der Waals surface area contributed by atoms with Crippen molar-refractivity contribution in [2.75, 3.05) is 6.54 Å². The lowest BCUT2D eigenvalue weighted by atomic mass is 10.0. The van der Waals surface area contributed by atoms with Gasteiger partial charge in [-0.05, 0) is 25.0 Å². The number of rotatable bonds is 4. The second-order valence-corrected chi connectivity index (χ2v) is 6.40. The molecule has 1 fully saturated rings. The highest BCUT2D eigenvalue weighted by molar-refractivity contribution is 6.31. The first-order valence-electron chi connectivity index (χ1n) is 7.77. The van der Waals surface area contributed by atoms with Crippen LogP contribution >= 0.6 is 11.6 Å². The minimum atomic E-state index is -0.854. The van der Waals surface area contributed by atoms with E-state index in [2.05, 4.69) is 5.10 Å². The average molecular weight is 348 g/mol. The van der Waals surface area contributed by atoms with Crippen LogP contribution in [0.2, 0.25) is 5.02 Å². The molecule has 1 saturated heterocycles. The van der Waals surface area contributed by atoms with Crippen molar-refractivity contribution in [2.45, 2.75) is 25.9 Å². The predicted molar refractivity (Wildman–Crippen MR) is 89.0 cm³/mol. The normalized spacial score (nSPS) is 20.3. The van der Waals surface area contributed by atoms with Gasteiger partial charge >= 0.3 is 5.97 Å². The maximum atomic E-state index is 12.6. The van der Waals surface area contributed by atoms with Gasteiger partial charge in [-0.1, -0.05) is 29.8 Å². The molecule has 126 valence electrons. The summed E-state index contributed by atoms with van der Waals surface area (Å²) in [6, 6.07) is 7.16. The van der Waals surface area contributed by atoms with E-state index in [1.165, 1.54) is 6.20 Å². The Labute approximate surface area is 144 Å². The Kier molecular flexibility index (Phi) is 4.57. The van der Waals surface area contributed by atoms with Gasteiger partial charge in [0.2, 0.25) is 0 Å². The Hall–Kier alpha value is -2.34. The van der Waals surface area contributed by atoms with Gasteiger partial charge in [-0.25, -0.2) is 0 Å². The van der Waals surface area contributed by atoms with Crippen molar-refractivity contribution in [3.63, 3.8) is 0 Å². The summed E-state index contributed by atoms with van der Waals surface area (Å²) in [6.07, 6.45) is 3.67. The lowest BCUT2D eigenvalue weighted by molar-refractivity contribution is -0.142. The molecule has 6 nitrogen and oxygen atoms in total. The van der Waals surface area contributed by atoms with Gasteiger partial charge < -0.3 is 10.0 Å². The number of halogens is 1. The molecule has 1 aliphatic heterocycles. The van der Waals surface area contributed by atoms with E-state index >= 15 is 0 Å². The molecule has 1 amide bonds. The van der Waals surface area contributed by atoms with E-state index in [4.69, 9.17) is 11.6 Å².